The van der Waals surface area contributed by atoms with Gasteiger partial charge in [-0.1, -0.05) is 12.1 Å². The third-order valence-corrected chi connectivity index (χ3v) is 4.04. The van der Waals surface area contributed by atoms with E-state index in [4.69, 9.17) is 0 Å². The molecule has 0 radical (unpaired) electrons. The zero-order chi connectivity index (χ0) is 12.6. The molecule has 3 rings (SSSR count). The van der Waals surface area contributed by atoms with Crippen LogP contribution in [-0.2, 0) is 10.2 Å². The zero-order valence-corrected chi connectivity index (χ0v) is 11.4. The second-order valence-electron chi connectivity index (χ2n) is 5.36. The van der Waals surface area contributed by atoms with Gasteiger partial charge in [-0.3, -0.25) is 4.79 Å². The summed E-state index contributed by atoms with van der Waals surface area (Å²) in [5, 5.41) is 6.09. The van der Waals surface area contributed by atoms with Crippen LogP contribution in [0.15, 0.2) is 24.3 Å². The van der Waals surface area contributed by atoms with Crippen LogP contribution in [0.4, 0.5) is 4.39 Å². The maximum absolute atomic E-state index is 13.2. The number of amides is 1. The Bertz CT molecular complexity index is 472. The molecule has 2 N–H and O–H groups in total. The standard InChI is InChI=1S/C14H17FN2O.ClH/c15-12-3-1-2-11(6-12)14(4-5-14)9-17-13(18)10-7-16-8-10;/h1-3,6,10,16H,4-5,7-9H2,(H,17,18);1H. The monoisotopic (exact) mass is 284 g/mol. The topological polar surface area (TPSA) is 41.1 Å². The lowest BCUT2D eigenvalue weighted by Crippen LogP contribution is -2.51. The van der Waals surface area contributed by atoms with Gasteiger partial charge in [0.25, 0.3) is 0 Å². The molecule has 2 fully saturated rings. The van der Waals surface area contributed by atoms with Crippen LogP contribution in [0, 0.1) is 11.7 Å². The van der Waals surface area contributed by atoms with Crippen molar-refractivity contribution in [2.75, 3.05) is 19.6 Å². The number of halogens is 2. The average molecular weight is 285 g/mol. The fourth-order valence-corrected chi connectivity index (χ4v) is 2.41. The first-order chi connectivity index (χ1) is 8.70. The van der Waals surface area contributed by atoms with Gasteiger partial charge in [-0.05, 0) is 30.5 Å². The Kier molecular flexibility index (Phi) is 4.11. The van der Waals surface area contributed by atoms with Crippen molar-refractivity contribution < 1.29 is 9.18 Å². The number of hydrogen-bond acceptors (Lipinski definition) is 2. The number of carbonyl (C=O) groups excluding carboxylic acids is 1. The summed E-state index contributed by atoms with van der Waals surface area (Å²) in [6.07, 6.45) is 2.05. The van der Waals surface area contributed by atoms with E-state index < -0.39 is 0 Å². The summed E-state index contributed by atoms with van der Waals surface area (Å²) in [7, 11) is 0. The van der Waals surface area contributed by atoms with E-state index in [0.717, 1.165) is 31.5 Å². The molecular weight excluding hydrogens is 267 g/mol. The molecule has 104 valence electrons. The SMILES string of the molecule is Cl.O=C(NCC1(c2cccc(F)c2)CC1)C1CNC1. The second kappa shape index (κ2) is 5.47. The van der Waals surface area contributed by atoms with Gasteiger partial charge < -0.3 is 10.6 Å². The molecule has 5 heteroatoms. The Balaban J connectivity index is 0.00000133. The van der Waals surface area contributed by atoms with E-state index in [0.29, 0.717) is 6.54 Å². The Labute approximate surface area is 118 Å². The molecule has 1 aliphatic heterocycles. The van der Waals surface area contributed by atoms with Crippen LogP contribution in [0.3, 0.4) is 0 Å². The molecule has 1 aromatic rings. The van der Waals surface area contributed by atoms with Gasteiger partial charge >= 0.3 is 0 Å². The van der Waals surface area contributed by atoms with E-state index in [1.165, 1.54) is 6.07 Å². The normalized spacial score (nSPS) is 20.1. The van der Waals surface area contributed by atoms with E-state index in [1.54, 1.807) is 12.1 Å². The van der Waals surface area contributed by atoms with Crippen molar-refractivity contribution in [1.29, 1.82) is 0 Å². The lowest BCUT2D eigenvalue weighted by Gasteiger charge is -2.27. The summed E-state index contributed by atoms with van der Waals surface area (Å²) in [5.74, 6) is 0.0398. The van der Waals surface area contributed by atoms with Crippen LogP contribution in [0.2, 0.25) is 0 Å². The van der Waals surface area contributed by atoms with Gasteiger partial charge in [-0.15, -0.1) is 12.4 Å². The molecule has 0 bridgehead atoms. The molecule has 1 aromatic carbocycles. The summed E-state index contributed by atoms with van der Waals surface area (Å²) in [4.78, 5) is 11.8. The Morgan fingerprint density at radius 2 is 2.16 bits per heavy atom. The third-order valence-electron chi connectivity index (χ3n) is 4.04. The minimum atomic E-state index is -0.201. The molecule has 0 atom stereocenters. The van der Waals surface area contributed by atoms with Gasteiger partial charge in [0.05, 0.1) is 5.92 Å². The molecule has 0 spiro atoms. The highest BCUT2D eigenvalue weighted by molar-refractivity contribution is 5.85. The van der Waals surface area contributed by atoms with E-state index in [2.05, 4.69) is 10.6 Å². The molecule has 1 amide bonds. The minimum absolute atomic E-state index is 0. The first kappa shape index (κ1) is 14.3. The quantitative estimate of drug-likeness (QED) is 0.882. The summed E-state index contributed by atoms with van der Waals surface area (Å²) in [5.41, 5.74) is 0.990. The van der Waals surface area contributed by atoms with Gasteiger partial charge in [0, 0.05) is 25.0 Å². The van der Waals surface area contributed by atoms with Gasteiger partial charge in [0.2, 0.25) is 5.91 Å². The van der Waals surface area contributed by atoms with Crippen molar-refractivity contribution in [2.45, 2.75) is 18.3 Å². The van der Waals surface area contributed by atoms with Crippen molar-refractivity contribution in [2.24, 2.45) is 5.92 Å². The van der Waals surface area contributed by atoms with Crippen LogP contribution in [0.5, 0.6) is 0 Å². The molecule has 3 nitrogen and oxygen atoms in total. The summed E-state index contributed by atoms with van der Waals surface area (Å²) < 4.78 is 13.2. The van der Waals surface area contributed by atoms with Crippen LogP contribution < -0.4 is 10.6 Å². The maximum Gasteiger partial charge on any atom is 0.225 e. The Morgan fingerprint density at radius 1 is 1.42 bits per heavy atom. The van der Waals surface area contributed by atoms with Gasteiger partial charge in [-0.2, -0.15) is 0 Å². The van der Waals surface area contributed by atoms with E-state index in [9.17, 15) is 9.18 Å². The van der Waals surface area contributed by atoms with Crippen LogP contribution in [0.1, 0.15) is 18.4 Å². The molecule has 0 aromatic heterocycles. The van der Waals surface area contributed by atoms with E-state index in [-0.39, 0.29) is 35.5 Å². The number of carbonyl (C=O) groups is 1. The second-order valence-corrected chi connectivity index (χ2v) is 5.36. The number of nitrogens with one attached hydrogen (secondary N) is 2. The Morgan fingerprint density at radius 3 is 2.68 bits per heavy atom. The minimum Gasteiger partial charge on any atom is -0.355 e. The fraction of sp³-hybridized carbons (Fsp3) is 0.500. The smallest absolute Gasteiger partial charge is 0.225 e. The van der Waals surface area contributed by atoms with Crippen LogP contribution in [0.25, 0.3) is 0 Å². The first-order valence-electron chi connectivity index (χ1n) is 6.44. The molecule has 1 aliphatic carbocycles. The van der Waals surface area contributed by atoms with Gasteiger partial charge in [-0.25, -0.2) is 4.39 Å². The van der Waals surface area contributed by atoms with Crippen molar-refractivity contribution >= 4 is 18.3 Å². The first-order valence-corrected chi connectivity index (χ1v) is 6.44. The maximum atomic E-state index is 13.2. The van der Waals surface area contributed by atoms with E-state index >= 15 is 0 Å². The van der Waals surface area contributed by atoms with Gasteiger partial charge in [0.1, 0.15) is 5.82 Å². The van der Waals surface area contributed by atoms with Gasteiger partial charge in [0.15, 0.2) is 0 Å². The highest BCUT2D eigenvalue weighted by Gasteiger charge is 2.44. The molecule has 19 heavy (non-hydrogen) atoms. The van der Waals surface area contributed by atoms with Crippen molar-refractivity contribution in [3.8, 4) is 0 Å². The van der Waals surface area contributed by atoms with Crippen molar-refractivity contribution in [3.05, 3.63) is 35.6 Å². The van der Waals surface area contributed by atoms with Crippen molar-refractivity contribution in [3.63, 3.8) is 0 Å². The molecular formula is C14H18ClFN2O. The summed E-state index contributed by atoms with van der Waals surface area (Å²) >= 11 is 0. The molecule has 1 saturated carbocycles. The Hall–Kier alpha value is -1.13. The van der Waals surface area contributed by atoms with Crippen molar-refractivity contribution in [1.82, 2.24) is 10.6 Å². The summed E-state index contributed by atoms with van der Waals surface area (Å²) in [6.45, 7) is 2.18. The largest absolute Gasteiger partial charge is 0.355 e. The lowest BCUT2D eigenvalue weighted by molar-refractivity contribution is -0.126. The third kappa shape index (κ3) is 2.90. The highest BCUT2D eigenvalue weighted by Crippen LogP contribution is 2.47. The molecule has 1 saturated heterocycles. The lowest BCUT2D eigenvalue weighted by atomic mass is 9.95. The predicted octanol–water partition coefficient (Wildman–Crippen LogP) is 1.61. The molecule has 2 aliphatic rings. The number of hydrogen-bond donors (Lipinski definition) is 2. The van der Waals surface area contributed by atoms with Crippen LogP contribution in [-0.4, -0.2) is 25.5 Å². The van der Waals surface area contributed by atoms with Crippen LogP contribution >= 0.6 is 12.4 Å². The fourth-order valence-electron chi connectivity index (χ4n) is 2.41. The molecule has 0 unspecified atom stereocenters. The average Bonchev–Trinajstić information content (AvgIpc) is 3.05. The molecule has 1 heterocycles. The highest BCUT2D eigenvalue weighted by atomic mass is 35.5. The number of benzene rings is 1. The summed E-state index contributed by atoms with van der Waals surface area (Å²) in [6, 6.07) is 6.73. The predicted molar refractivity (Wildman–Crippen MR) is 73.9 cm³/mol. The van der Waals surface area contributed by atoms with E-state index in [1.807, 2.05) is 6.07 Å². The number of rotatable bonds is 4. The zero-order valence-electron chi connectivity index (χ0n) is 10.6.